The van der Waals surface area contributed by atoms with Crippen LogP contribution in [0.2, 0.25) is 0 Å². The van der Waals surface area contributed by atoms with Crippen LogP contribution in [0.4, 0.5) is 0 Å². The van der Waals surface area contributed by atoms with Gasteiger partial charge in [0.2, 0.25) is 0 Å². The fraction of sp³-hybridized carbons (Fsp3) is 0.231. The van der Waals surface area contributed by atoms with Gasteiger partial charge in [0, 0.05) is 5.41 Å². The Morgan fingerprint density at radius 3 is 2.35 bits per heavy atom. The fourth-order valence-electron chi connectivity index (χ4n) is 1.27. The van der Waals surface area contributed by atoms with Crippen LogP contribution < -0.4 is 0 Å². The quantitative estimate of drug-likeness (QED) is 0.837. The van der Waals surface area contributed by atoms with Crippen LogP contribution >= 0.6 is 0 Å². The normalized spacial score (nSPS) is 13.6. The van der Waals surface area contributed by atoms with E-state index in [9.17, 15) is 13.5 Å². The summed E-state index contributed by atoms with van der Waals surface area (Å²) in [5.74, 6) is 0. The van der Waals surface area contributed by atoms with Crippen LogP contribution in [0.1, 0.15) is 13.8 Å². The first-order valence-corrected chi connectivity index (χ1v) is 6.78. The minimum Gasteiger partial charge on any atom is -0.385 e. The molecule has 3 nitrogen and oxygen atoms in total. The largest absolute Gasteiger partial charge is 0.385 e. The molecule has 0 radical (unpaired) electrons. The summed E-state index contributed by atoms with van der Waals surface area (Å²) in [5.41, 5.74) is 0.930. The third-order valence-corrected chi connectivity index (χ3v) is 3.48. The van der Waals surface area contributed by atoms with Crippen LogP contribution in [0.25, 0.3) is 0 Å². The van der Waals surface area contributed by atoms with Gasteiger partial charge in [-0.25, -0.2) is 8.42 Å². The number of benzene rings is 1. The van der Waals surface area contributed by atoms with E-state index >= 15 is 0 Å². The van der Waals surface area contributed by atoms with Crippen molar-refractivity contribution in [2.75, 3.05) is 0 Å². The van der Waals surface area contributed by atoms with Gasteiger partial charge in [-0.05, 0) is 32.1 Å². The molecular weight excluding hydrogens is 236 g/mol. The molecule has 0 aromatic heterocycles. The zero-order valence-electron chi connectivity index (χ0n) is 9.87. The van der Waals surface area contributed by atoms with Gasteiger partial charge < -0.3 is 5.11 Å². The summed E-state index contributed by atoms with van der Waals surface area (Å²) in [4.78, 5) is 0.223. The Morgan fingerprint density at radius 1 is 1.24 bits per heavy atom. The lowest BCUT2D eigenvalue weighted by Gasteiger charge is -2.01. The summed E-state index contributed by atoms with van der Waals surface area (Å²) in [6, 6.07) is 8.11. The number of hydrogen-bond acceptors (Lipinski definition) is 3. The van der Waals surface area contributed by atoms with E-state index < -0.39 is 15.9 Å². The van der Waals surface area contributed by atoms with Crippen LogP contribution in [0.15, 0.2) is 58.4 Å². The highest BCUT2D eigenvalue weighted by Gasteiger charge is 2.09. The van der Waals surface area contributed by atoms with Crippen LogP contribution in [0.5, 0.6) is 0 Å². The van der Waals surface area contributed by atoms with Gasteiger partial charge in [0.15, 0.2) is 9.84 Å². The van der Waals surface area contributed by atoms with Crippen molar-refractivity contribution in [1.29, 1.82) is 0 Å². The standard InChI is InChI=1S/C13H16O3S/c1-11(2)10-12(14)8-9-17(15,16)13-6-4-3-5-7-13/h3-10,12,14H,1-2H3/b9-8+. The number of rotatable bonds is 4. The van der Waals surface area contributed by atoms with Gasteiger partial charge in [-0.1, -0.05) is 29.8 Å². The molecule has 1 aromatic carbocycles. The minimum atomic E-state index is -3.46. The molecule has 1 rings (SSSR count). The first-order valence-electron chi connectivity index (χ1n) is 5.23. The molecule has 0 spiro atoms. The Kier molecular flexibility index (Phi) is 4.66. The van der Waals surface area contributed by atoms with Crippen LogP contribution in [0.3, 0.4) is 0 Å². The molecule has 0 bridgehead atoms. The van der Waals surface area contributed by atoms with Gasteiger partial charge in [0.25, 0.3) is 0 Å². The molecule has 4 heteroatoms. The van der Waals surface area contributed by atoms with E-state index in [1.807, 2.05) is 13.8 Å². The number of aliphatic hydroxyl groups excluding tert-OH is 1. The molecule has 17 heavy (non-hydrogen) atoms. The van der Waals surface area contributed by atoms with Crippen LogP contribution in [0, 0.1) is 0 Å². The average Bonchev–Trinajstić information content (AvgIpc) is 2.27. The summed E-state index contributed by atoms with van der Waals surface area (Å²) >= 11 is 0. The molecule has 0 heterocycles. The lowest BCUT2D eigenvalue weighted by Crippen LogP contribution is -2.01. The van der Waals surface area contributed by atoms with Gasteiger partial charge in [0.1, 0.15) is 0 Å². The summed E-state index contributed by atoms with van der Waals surface area (Å²) in [5, 5.41) is 10.5. The maximum Gasteiger partial charge on any atom is 0.199 e. The zero-order valence-corrected chi connectivity index (χ0v) is 10.7. The molecule has 1 unspecified atom stereocenters. The van der Waals surface area contributed by atoms with Crippen LogP contribution in [-0.2, 0) is 9.84 Å². The Hall–Kier alpha value is -1.39. The van der Waals surface area contributed by atoms with E-state index in [2.05, 4.69) is 0 Å². The maximum atomic E-state index is 11.8. The summed E-state index contributed by atoms with van der Waals surface area (Å²) < 4.78 is 23.6. The van der Waals surface area contributed by atoms with Crippen molar-refractivity contribution in [2.45, 2.75) is 24.8 Å². The second-order valence-corrected chi connectivity index (χ2v) is 5.75. The van der Waals surface area contributed by atoms with Gasteiger partial charge in [-0.2, -0.15) is 0 Å². The third-order valence-electron chi connectivity index (χ3n) is 2.03. The lowest BCUT2D eigenvalue weighted by molar-refractivity contribution is 0.271. The minimum absolute atomic E-state index is 0.223. The first-order chi connectivity index (χ1) is 7.92. The topological polar surface area (TPSA) is 54.4 Å². The van der Waals surface area contributed by atoms with Crippen molar-refractivity contribution in [3.8, 4) is 0 Å². The molecule has 0 fully saturated rings. The van der Waals surface area contributed by atoms with Crippen molar-refractivity contribution in [2.24, 2.45) is 0 Å². The Balaban J connectivity index is 2.88. The number of allylic oxidation sites excluding steroid dienone is 1. The maximum absolute atomic E-state index is 11.8. The summed E-state index contributed by atoms with van der Waals surface area (Å²) in [7, 11) is -3.46. The van der Waals surface area contributed by atoms with Gasteiger partial charge in [0.05, 0.1) is 11.0 Å². The molecule has 0 saturated carbocycles. The summed E-state index contributed by atoms with van der Waals surface area (Å²) in [6.45, 7) is 3.67. The van der Waals surface area contributed by atoms with E-state index in [0.29, 0.717) is 0 Å². The van der Waals surface area contributed by atoms with Crippen LogP contribution in [-0.4, -0.2) is 19.6 Å². The molecular formula is C13H16O3S. The molecule has 0 aliphatic rings. The average molecular weight is 252 g/mol. The van der Waals surface area contributed by atoms with E-state index in [-0.39, 0.29) is 4.90 Å². The fourth-order valence-corrected chi connectivity index (χ4v) is 2.33. The van der Waals surface area contributed by atoms with Crippen molar-refractivity contribution >= 4 is 9.84 Å². The monoisotopic (exact) mass is 252 g/mol. The van der Waals surface area contributed by atoms with Crippen molar-refractivity contribution in [3.63, 3.8) is 0 Å². The Labute approximate surface area is 102 Å². The van der Waals surface area contributed by atoms with Gasteiger partial charge in [-0.3, -0.25) is 0 Å². The highest BCUT2D eigenvalue weighted by atomic mass is 32.2. The number of hydrogen-bond donors (Lipinski definition) is 1. The van der Waals surface area contributed by atoms with Crippen molar-refractivity contribution < 1.29 is 13.5 Å². The second kappa shape index (κ2) is 5.80. The van der Waals surface area contributed by atoms with Crippen molar-refractivity contribution in [1.82, 2.24) is 0 Å². The smallest absolute Gasteiger partial charge is 0.199 e. The van der Waals surface area contributed by atoms with E-state index in [0.717, 1.165) is 11.0 Å². The molecule has 0 aliphatic heterocycles. The van der Waals surface area contributed by atoms with Crippen molar-refractivity contribution in [3.05, 3.63) is 53.5 Å². The van der Waals surface area contributed by atoms with Gasteiger partial charge in [-0.15, -0.1) is 0 Å². The SMILES string of the molecule is CC(C)=CC(O)/C=C/S(=O)(=O)c1ccccc1. The zero-order chi connectivity index (χ0) is 12.9. The molecule has 1 N–H and O–H groups in total. The predicted octanol–water partition coefficient (Wildman–Crippen LogP) is 2.30. The number of aliphatic hydroxyl groups is 1. The molecule has 0 aliphatic carbocycles. The molecule has 1 atom stereocenters. The molecule has 1 aromatic rings. The van der Waals surface area contributed by atoms with Gasteiger partial charge >= 0.3 is 0 Å². The Bertz CT molecular complexity index is 509. The highest BCUT2D eigenvalue weighted by molar-refractivity contribution is 7.94. The third kappa shape index (κ3) is 4.54. The lowest BCUT2D eigenvalue weighted by atomic mass is 10.2. The van der Waals surface area contributed by atoms with E-state index in [4.69, 9.17) is 0 Å². The predicted molar refractivity (Wildman–Crippen MR) is 68.2 cm³/mol. The first kappa shape index (κ1) is 13.7. The molecule has 0 amide bonds. The van der Waals surface area contributed by atoms with E-state index in [1.54, 1.807) is 24.3 Å². The highest BCUT2D eigenvalue weighted by Crippen LogP contribution is 2.11. The number of sulfone groups is 1. The Morgan fingerprint density at radius 2 is 1.82 bits per heavy atom. The second-order valence-electron chi connectivity index (χ2n) is 3.92. The van der Waals surface area contributed by atoms with E-state index in [1.165, 1.54) is 18.2 Å². The summed E-state index contributed by atoms with van der Waals surface area (Å²) in [6.07, 6.45) is 1.96. The molecule has 92 valence electrons. The molecule has 0 saturated heterocycles.